The second-order valence-corrected chi connectivity index (χ2v) is 10.2. The zero-order valence-corrected chi connectivity index (χ0v) is 23.2. The number of nitro groups is 1. The molecule has 0 aliphatic carbocycles. The lowest BCUT2D eigenvalue weighted by Gasteiger charge is -2.13. The smallest absolute Gasteiger partial charge is 0.259 e. The highest BCUT2D eigenvalue weighted by atomic mass is 16.7. The Morgan fingerprint density at radius 1 is 1.00 bits per heavy atom. The first-order valence-corrected chi connectivity index (χ1v) is 13.0. The van der Waals surface area contributed by atoms with Gasteiger partial charge in [-0.25, -0.2) is 15.1 Å². The summed E-state index contributed by atoms with van der Waals surface area (Å²) >= 11 is 0. The summed E-state index contributed by atoms with van der Waals surface area (Å²) in [5, 5.41) is 14.0. The van der Waals surface area contributed by atoms with Gasteiger partial charge in [0.15, 0.2) is 5.03 Å². The molecule has 3 heterocycles. The molecule has 5 N–H and O–H groups in total. The highest BCUT2D eigenvalue weighted by Crippen LogP contribution is 2.39. The van der Waals surface area contributed by atoms with Gasteiger partial charge in [-0.2, -0.15) is 0 Å². The number of imide groups is 1. The van der Waals surface area contributed by atoms with Gasteiger partial charge in [-0.05, 0) is 42.8 Å². The standard InChI is InChI=1S/C28H31N9O4/c1-34(2)16-6-8-22-18(12-16)20(14-31-22)24-25(27(39)32-26(24)38)21-15-36(11-5-10-30-28(29)33-37(40)41)23-9-7-17(35(3)4)13-19(21)23/h6-9,12-15,31H,5,10-11H2,1-4H3,(H3,29,30,33)(H,32,38,39). The molecule has 41 heavy (non-hydrogen) atoms. The van der Waals surface area contributed by atoms with E-state index in [-0.39, 0.29) is 12.5 Å². The quantitative estimate of drug-likeness (QED) is 0.0607. The van der Waals surface area contributed by atoms with Crippen LogP contribution in [-0.4, -0.2) is 67.1 Å². The molecule has 13 nitrogen and oxygen atoms in total. The van der Waals surface area contributed by atoms with Crippen LogP contribution in [0.1, 0.15) is 17.5 Å². The predicted octanol–water partition coefficient (Wildman–Crippen LogP) is 2.31. The molecular formula is C28H31N9O4. The van der Waals surface area contributed by atoms with E-state index in [1.54, 1.807) is 6.20 Å². The van der Waals surface area contributed by atoms with Crippen molar-refractivity contribution in [3.63, 3.8) is 0 Å². The van der Waals surface area contributed by atoms with Crippen LogP contribution >= 0.6 is 0 Å². The van der Waals surface area contributed by atoms with Crippen LogP contribution in [0, 0.1) is 10.1 Å². The molecule has 0 fully saturated rings. The van der Waals surface area contributed by atoms with Crippen molar-refractivity contribution in [1.82, 2.24) is 20.3 Å². The number of hydrogen-bond donors (Lipinski definition) is 4. The topological polar surface area (TPSA) is 167 Å². The molecule has 0 unspecified atom stereocenters. The summed E-state index contributed by atoms with van der Waals surface area (Å²) in [5.41, 5.74) is 12.9. The Balaban J connectivity index is 1.64. The molecule has 0 saturated carbocycles. The van der Waals surface area contributed by atoms with Gasteiger partial charge in [0.25, 0.3) is 17.8 Å². The van der Waals surface area contributed by atoms with E-state index in [0.29, 0.717) is 35.2 Å². The van der Waals surface area contributed by atoms with E-state index in [0.717, 1.165) is 33.2 Å². The lowest BCUT2D eigenvalue weighted by molar-refractivity contribution is -0.525. The zero-order chi connectivity index (χ0) is 29.4. The first-order valence-electron chi connectivity index (χ1n) is 13.0. The number of carbonyl (C=O) groups excluding carboxylic acids is 2. The number of nitrogens with one attached hydrogen (secondary N) is 3. The van der Waals surface area contributed by atoms with Crippen molar-refractivity contribution in [1.29, 1.82) is 0 Å². The maximum absolute atomic E-state index is 13.4. The third-order valence-corrected chi connectivity index (χ3v) is 7.08. The summed E-state index contributed by atoms with van der Waals surface area (Å²) in [6, 6.07) is 11.9. The molecule has 1 aliphatic rings. The van der Waals surface area contributed by atoms with Crippen molar-refractivity contribution in [2.75, 3.05) is 44.5 Å². The maximum atomic E-state index is 13.4. The third-order valence-electron chi connectivity index (χ3n) is 7.08. The van der Waals surface area contributed by atoms with Crippen LogP contribution in [-0.2, 0) is 16.1 Å². The average molecular weight is 558 g/mol. The minimum atomic E-state index is -0.763. The van der Waals surface area contributed by atoms with Crippen molar-refractivity contribution >= 4 is 62.1 Å². The number of carbonyl (C=O) groups is 2. The van der Waals surface area contributed by atoms with E-state index in [9.17, 15) is 19.7 Å². The molecule has 0 saturated heterocycles. The Morgan fingerprint density at radius 2 is 1.63 bits per heavy atom. The number of aromatic amines is 1. The van der Waals surface area contributed by atoms with E-state index in [1.807, 2.05) is 90.6 Å². The second-order valence-electron chi connectivity index (χ2n) is 10.2. The van der Waals surface area contributed by atoms with Crippen LogP contribution in [0.2, 0.25) is 0 Å². The van der Waals surface area contributed by atoms with Crippen LogP contribution in [0.25, 0.3) is 33.0 Å². The summed E-state index contributed by atoms with van der Waals surface area (Å²) in [4.78, 5) is 48.4. The lowest BCUT2D eigenvalue weighted by atomic mass is 9.95. The van der Waals surface area contributed by atoms with Gasteiger partial charge in [-0.1, -0.05) is 5.43 Å². The number of anilines is 2. The van der Waals surface area contributed by atoms with E-state index in [1.165, 1.54) is 0 Å². The largest absolute Gasteiger partial charge is 0.378 e. The Bertz CT molecular complexity index is 1760. The SMILES string of the molecule is CN(C)c1ccc2[nH]cc(C3=C(c4cn(CCCN=C(N)N[N+](=O)[O-])c5ccc(N(C)C)cc45)C(=O)NC3=O)c2c1. The van der Waals surface area contributed by atoms with Gasteiger partial charge in [-0.15, -0.1) is 0 Å². The molecular weight excluding hydrogens is 526 g/mol. The molecule has 2 aromatic carbocycles. The number of fused-ring (bicyclic) bond motifs is 2. The molecule has 13 heteroatoms. The van der Waals surface area contributed by atoms with E-state index in [2.05, 4.69) is 15.3 Å². The highest BCUT2D eigenvalue weighted by molar-refractivity contribution is 6.50. The summed E-state index contributed by atoms with van der Waals surface area (Å²) in [7, 11) is 7.76. The number of aliphatic imine (C=N–C) groups is 1. The van der Waals surface area contributed by atoms with Crippen molar-refractivity contribution in [2.24, 2.45) is 10.7 Å². The van der Waals surface area contributed by atoms with Gasteiger partial charge in [0.05, 0.1) is 11.1 Å². The molecule has 0 atom stereocenters. The first-order chi connectivity index (χ1) is 19.5. The summed E-state index contributed by atoms with van der Waals surface area (Å²) < 4.78 is 2.00. The fourth-order valence-electron chi connectivity index (χ4n) is 5.08. The lowest BCUT2D eigenvalue weighted by Crippen LogP contribution is -2.36. The van der Waals surface area contributed by atoms with Crippen molar-refractivity contribution in [2.45, 2.75) is 13.0 Å². The zero-order valence-electron chi connectivity index (χ0n) is 23.2. The van der Waals surface area contributed by atoms with E-state index < -0.39 is 16.8 Å². The summed E-state index contributed by atoms with van der Waals surface area (Å²) in [6.07, 6.45) is 4.18. The van der Waals surface area contributed by atoms with Crippen molar-refractivity contribution in [3.8, 4) is 0 Å². The molecule has 212 valence electrons. The summed E-state index contributed by atoms with van der Waals surface area (Å²) in [6.45, 7) is 0.762. The molecule has 5 rings (SSSR count). The highest BCUT2D eigenvalue weighted by Gasteiger charge is 2.35. The van der Waals surface area contributed by atoms with Gasteiger partial charge in [0.2, 0.25) is 0 Å². The second kappa shape index (κ2) is 10.7. The number of guanidine groups is 1. The van der Waals surface area contributed by atoms with Crippen LogP contribution in [0.15, 0.2) is 53.8 Å². The Kier molecular flexibility index (Phi) is 7.10. The van der Waals surface area contributed by atoms with Crippen molar-refractivity contribution < 1.29 is 14.6 Å². The minimum Gasteiger partial charge on any atom is -0.378 e. The fraction of sp³-hybridized carbons (Fsp3) is 0.250. The number of nitrogens with two attached hydrogens (primary N) is 1. The molecule has 0 bridgehead atoms. The van der Waals surface area contributed by atoms with E-state index >= 15 is 0 Å². The average Bonchev–Trinajstić information content (AvgIpc) is 3.57. The normalized spacial score (nSPS) is 13.8. The fourth-order valence-corrected chi connectivity index (χ4v) is 5.08. The number of H-pyrrole nitrogens is 1. The molecule has 1 aliphatic heterocycles. The number of aromatic nitrogens is 2. The van der Waals surface area contributed by atoms with Crippen LogP contribution < -0.4 is 26.3 Å². The Labute approximate surface area is 235 Å². The Morgan fingerprint density at radius 3 is 2.29 bits per heavy atom. The van der Waals surface area contributed by atoms with Gasteiger partial charge < -0.3 is 25.1 Å². The van der Waals surface area contributed by atoms with Gasteiger partial charge in [0.1, 0.15) is 0 Å². The van der Waals surface area contributed by atoms with Crippen LogP contribution in [0.4, 0.5) is 11.4 Å². The number of amides is 2. The molecule has 2 aromatic heterocycles. The summed E-state index contributed by atoms with van der Waals surface area (Å²) in [5.74, 6) is -1.18. The number of hydrogen-bond acceptors (Lipinski definition) is 7. The van der Waals surface area contributed by atoms with Gasteiger partial charge in [0, 0.05) is 98.0 Å². The number of hydrazine groups is 1. The Hall–Kier alpha value is -5.33. The van der Waals surface area contributed by atoms with Gasteiger partial charge >= 0.3 is 0 Å². The monoisotopic (exact) mass is 557 g/mol. The number of nitrogens with zero attached hydrogens (tertiary/aromatic N) is 5. The minimum absolute atomic E-state index is 0.258. The molecule has 0 spiro atoms. The maximum Gasteiger partial charge on any atom is 0.259 e. The van der Waals surface area contributed by atoms with Crippen LogP contribution in [0.3, 0.4) is 0 Å². The predicted molar refractivity (Wildman–Crippen MR) is 160 cm³/mol. The van der Waals surface area contributed by atoms with Crippen LogP contribution in [0.5, 0.6) is 0 Å². The molecule has 2 amide bonds. The third kappa shape index (κ3) is 5.16. The molecule has 0 radical (unpaired) electrons. The van der Waals surface area contributed by atoms with Crippen molar-refractivity contribution in [3.05, 3.63) is 70.0 Å². The van der Waals surface area contributed by atoms with Gasteiger partial charge in [-0.3, -0.25) is 14.9 Å². The number of aryl methyl sites for hydroxylation is 1. The number of rotatable bonds is 9. The molecule has 4 aromatic rings. The number of benzene rings is 2. The first kappa shape index (κ1) is 27.2. The van der Waals surface area contributed by atoms with E-state index in [4.69, 9.17) is 5.73 Å².